The monoisotopic (exact) mass is 559 g/mol. The first-order valence-corrected chi connectivity index (χ1v) is 11.3. The molecule has 0 atom stereocenters. The highest BCUT2D eigenvalue weighted by Crippen LogP contribution is 2.36. The Labute approximate surface area is 213 Å². The second-order valence-electron chi connectivity index (χ2n) is 8.57. The summed E-state index contributed by atoms with van der Waals surface area (Å²) < 4.78 is 5.70. The molecule has 0 amide bonds. The Morgan fingerprint density at radius 3 is 2.52 bits per heavy atom. The number of aryl methyl sites for hydroxylation is 1. The van der Waals surface area contributed by atoms with Gasteiger partial charge < -0.3 is 19.9 Å². The Bertz CT molecular complexity index is 1040. The predicted octanol–water partition coefficient (Wildman–Crippen LogP) is 4.76. The Morgan fingerprint density at radius 1 is 1.12 bits per heavy atom. The van der Waals surface area contributed by atoms with Gasteiger partial charge in [0.25, 0.3) is 0 Å². The Kier molecular flexibility index (Phi) is 8.91. The second-order valence-corrected chi connectivity index (χ2v) is 8.57. The third kappa shape index (κ3) is 5.95. The van der Waals surface area contributed by atoms with Gasteiger partial charge in [0.2, 0.25) is 0 Å². The smallest absolute Gasteiger partial charge is 0.193 e. The molecule has 1 saturated heterocycles. The number of nitrogens with zero attached hydrogens (tertiary/aromatic N) is 3. The molecule has 1 aromatic heterocycles. The molecule has 1 fully saturated rings. The number of aromatic amines is 1. The lowest BCUT2D eigenvalue weighted by Crippen LogP contribution is -2.48. The molecule has 3 aromatic rings. The molecule has 176 valence electrons. The van der Waals surface area contributed by atoms with Crippen LogP contribution in [0.5, 0.6) is 0 Å². The molecule has 0 unspecified atom stereocenters. The lowest BCUT2D eigenvalue weighted by Gasteiger charge is -2.39. The average Bonchev–Trinajstić information content (AvgIpc) is 3.29. The van der Waals surface area contributed by atoms with Crippen LogP contribution < -0.4 is 5.32 Å². The van der Waals surface area contributed by atoms with Gasteiger partial charge in [-0.1, -0.05) is 54.6 Å². The highest BCUT2D eigenvalue weighted by Gasteiger charge is 2.35. The molecule has 0 bridgehead atoms. The highest BCUT2D eigenvalue weighted by molar-refractivity contribution is 14.0. The number of rotatable bonds is 6. The molecular weight excluding hydrogens is 525 g/mol. The first-order chi connectivity index (χ1) is 15.6. The molecule has 1 aliphatic rings. The minimum atomic E-state index is 0. The van der Waals surface area contributed by atoms with Crippen LogP contribution in [0.25, 0.3) is 11.3 Å². The summed E-state index contributed by atoms with van der Waals surface area (Å²) in [5, 5.41) is 3.64. The fourth-order valence-electron chi connectivity index (χ4n) is 4.61. The van der Waals surface area contributed by atoms with Crippen molar-refractivity contribution in [2.75, 3.05) is 33.9 Å². The summed E-state index contributed by atoms with van der Waals surface area (Å²) in [6, 6.07) is 19.0. The Hall–Kier alpha value is -2.39. The van der Waals surface area contributed by atoms with Crippen molar-refractivity contribution in [3.63, 3.8) is 0 Å². The van der Waals surface area contributed by atoms with Gasteiger partial charge in [0, 0.05) is 39.3 Å². The van der Waals surface area contributed by atoms with E-state index in [1.54, 1.807) is 0 Å². The quantitative estimate of drug-likeness (QED) is 0.260. The molecule has 0 aliphatic carbocycles. The zero-order valence-corrected chi connectivity index (χ0v) is 22.0. The first kappa shape index (κ1) is 25.2. The van der Waals surface area contributed by atoms with Crippen molar-refractivity contribution in [2.45, 2.75) is 31.7 Å². The topological polar surface area (TPSA) is 65.5 Å². The fourth-order valence-corrected chi connectivity index (χ4v) is 4.61. The lowest BCUT2D eigenvalue weighted by molar-refractivity contribution is 0.0510. The van der Waals surface area contributed by atoms with E-state index in [1.807, 2.05) is 38.5 Å². The Morgan fingerprint density at radius 2 is 1.82 bits per heavy atom. The van der Waals surface area contributed by atoms with Crippen LogP contribution in [0.2, 0.25) is 0 Å². The molecule has 6 nitrogen and oxygen atoms in total. The van der Waals surface area contributed by atoms with E-state index in [2.05, 4.69) is 68.5 Å². The second kappa shape index (κ2) is 11.7. The van der Waals surface area contributed by atoms with E-state index < -0.39 is 0 Å². The van der Waals surface area contributed by atoms with E-state index in [9.17, 15) is 0 Å². The first-order valence-electron chi connectivity index (χ1n) is 11.3. The molecule has 0 saturated carbocycles. The van der Waals surface area contributed by atoms with Crippen molar-refractivity contribution in [2.24, 2.45) is 4.99 Å². The SMILES string of the molecule is CN=C(NCC1(c2ccccc2C)CCOCC1)N(C)Cc1ncc(-c2ccccc2)[nH]1.I. The van der Waals surface area contributed by atoms with E-state index in [1.165, 1.54) is 11.1 Å². The van der Waals surface area contributed by atoms with Gasteiger partial charge in [0.15, 0.2) is 5.96 Å². The molecule has 33 heavy (non-hydrogen) atoms. The maximum atomic E-state index is 5.70. The molecular formula is C26H34IN5O. The normalized spacial score (nSPS) is 15.5. The highest BCUT2D eigenvalue weighted by atomic mass is 127. The van der Waals surface area contributed by atoms with E-state index in [0.717, 1.165) is 55.6 Å². The third-order valence-electron chi connectivity index (χ3n) is 6.42. The number of benzene rings is 2. The number of H-pyrrole nitrogens is 1. The van der Waals surface area contributed by atoms with Crippen LogP contribution in [0.3, 0.4) is 0 Å². The number of halogens is 1. The van der Waals surface area contributed by atoms with Crippen LogP contribution >= 0.6 is 24.0 Å². The molecule has 0 spiro atoms. The average molecular weight is 559 g/mol. The largest absolute Gasteiger partial charge is 0.381 e. The van der Waals surface area contributed by atoms with Crippen molar-refractivity contribution in [1.29, 1.82) is 0 Å². The van der Waals surface area contributed by atoms with Crippen LogP contribution in [0.15, 0.2) is 65.8 Å². The Balaban J connectivity index is 0.00000306. The third-order valence-corrected chi connectivity index (χ3v) is 6.42. The number of hydrogen-bond donors (Lipinski definition) is 2. The van der Waals surface area contributed by atoms with Gasteiger partial charge >= 0.3 is 0 Å². The zero-order valence-electron chi connectivity index (χ0n) is 19.7. The van der Waals surface area contributed by atoms with Gasteiger partial charge in [-0.2, -0.15) is 0 Å². The van der Waals surface area contributed by atoms with Crippen LogP contribution in [0, 0.1) is 6.92 Å². The maximum absolute atomic E-state index is 5.70. The van der Waals surface area contributed by atoms with Crippen molar-refractivity contribution < 1.29 is 4.74 Å². The van der Waals surface area contributed by atoms with E-state index >= 15 is 0 Å². The maximum Gasteiger partial charge on any atom is 0.193 e. The van der Waals surface area contributed by atoms with Crippen molar-refractivity contribution in [1.82, 2.24) is 20.2 Å². The number of ether oxygens (including phenoxy) is 1. The lowest BCUT2D eigenvalue weighted by atomic mass is 9.72. The summed E-state index contributed by atoms with van der Waals surface area (Å²) >= 11 is 0. The number of aliphatic imine (C=N–C) groups is 1. The summed E-state index contributed by atoms with van der Waals surface area (Å²) in [6.45, 7) is 5.26. The predicted molar refractivity (Wildman–Crippen MR) is 145 cm³/mol. The zero-order chi connectivity index (χ0) is 22.4. The van der Waals surface area contributed by atoms with Gasteiger partial charge in [-0.05, 0) is 36.5 Å². The standard InChI is InChI=1S/C26H33N5O.HI/c1-20-9-7-8-12-22(20)26(13-15-32-16-14-26)19-29-25(27-2)31(3)18-24-28-17-23(30-24)21-10-5-4-6-11-21;/h4-12,17H,13-16,18-19H2,1-3H3,(H,27,29)(H,28,30);1H. The van der Waals surface area contributed by atoms with E-state index in [-0.39, 0.29) is 29.4 Å². The van der Waals surface area contributed by atoms with Gasteiger partial charge in [0.05, 0.1) is 18.4 Å². The van der Waals surface area contributed by atoms with E-state index in [4.69, 9.17) is 4.74 Å². The van der Waals surface area contributed by atoms with Crippen LogP contribution in [0.4, 0.5) is 0 Å². The molecule has 2 N–H and O–H groups in total. The molecule has 0 radical (unpaired) electrons. The van der Waals surface area contributed by atoms with Crippen molar-refractivity contribution in [3.05, 3.63) is 77.7 Å². The van der Waals surface area contributed by atoms with Gasteiger partial charge in [-0.3, -0.25) is 4.99 Å². The summed E-state index contributed by atoms with van der Waals surface area (Å²) in [5.41, 5.74) is 4.95. The van der Waals surface area contributed by atoms with Crippen LogP contribution in [0.1, 0.15) is 29.8 Å². The van der Waals surface area contributed by atoms with Gasteiger partial charge in [-0.15, -0.1) is 24.0 Å². The van der Waals surface area contributed by atoms with Crippen molar-refractivity contribution >= 4 is 29.9 Å². The van der Waals surface area contributed by atoms with Crippen LogP contribution in [-0.2, 0) is 16.7 Å². The van der Waals surface area contributed by atoms with Gasteiger partial charge in [-0.25, -0.2) is 4.98 Å². The summed E-state index contributed by atoms with van der Waals surface area (Å²) in [5.74, 6) is 1.77. The molecule has 2 heterocycles. The minimum absolute atomic E-state index is 0. The summed E-state index contributed by atoms with van der Waals surface area (Å²) in [7, 11) is 3.88. The molecule has 7 heteroatoms. The number of nitrogens with one attached hydrogen (secondary N) is 2. The van der Waals surface area contributed by atoms with Gasteiger partial charge in [0.1, 0.15) is 5.82 Å². The number of imidazole rings is 1. The molecule has 1 aliphatic heterocycles. The fraction of sp³-hybridized carbons (Fsp3) is 0.385. The molecule has 4 rings (SSSR count). The summed E-state index contributed by atoms with van der Waals surface area (Å²) in [6.07, 6.45) is 3.90. The minimum Gasteiger partial charge on any atom is -0.381 e. The number of guanidine groups is 1. The van der Waals surface area contributed by atoms with Crippen molar-refractivity contribution in [3.8, 4) is 11.3 Å². The van der Waals surface area contributed by atoms with Crippen LogP contribution in [-0.4, -0.2) is 54.7 Å². The molecule has 2 aromatic carbocycles. The summed E-state index contributed by atoms with van der Waals surface area (Å²) in [4.78, 5) is 14.7. The number of aromatic nitrogens is 2. The van der Waals surface area contributed by atoms with E-state index in [0.29, 0.717) is 6.54 Å². The number of hydrogen-bond acceptors (Lipinski definition) is 3.